The summed E-state index contributed by atoms with van der Waals surface area (Å²) in [5.41, 5.74) is 3.01. The van der Waals surface area contributed by atoms with E-state index < -0.39 is 5.82 Å². The summed E-state index contributed by atoms with van der Waals surface area (Å²) in [5.74, 6) is -0.597. The lowest BCUT2D eigenvalue weighted by molar-refractivity contribution is 0.468. The second-order valence-corrected chi connectivity index (χ2v) is 5.64. The molecule has 0 aliphatic heterocycles. The Kier molecular flexibility index (Phi) is 4.70. The van der Waals surface area contributed by atoms with Crippen LogP contribution < -0.4 is 0 Å². The number of aliphatic imine (C=N–C) groups is 1. The maximum absolute atomic E-state index is 13.3. The van der Waals surface area contributed by atoms with Gasteiger partial charge in [0.1, 0.15) is 11.6 Å². The van der Waals surface area contributed by atoms with Gasteiger partial charge in [0.15, 0.2) is 0 Å². The Labute approximate surface area is 139 Å². The minimum Gasteiger partial charge on any atom is -0.507 e. The van der Waals surface area contributed by atoms with E-state index in [-0.39, 0.29) is 11.8 Å². The molecule has 0 spiro atoms. The number of H-pyrrole nitrogens is 1. The van der Waals surface area contributed by atoms with Gasteiger partial charge in [0.25, 0.3) is 0 Å². The molecule has 2 aromatic carbocycles. The van der Waals surface area contributed by atoms with Crippen molar-refractivity contribution in [3.8, 4) is 5.75 Å². The minimum atomic E-state index is -0.478. The van der Waals surface area contributed by atoms with Crippen molar-refractivity contribution < 1.29 is 9.50 Å². The molecular formula is C19H18FN3O. The van der Waals surface area contributed by atoms with Gasteiger partial charge in [0.05, 0.1) is 18.1 Å². The van der Waals surface area contributed by atoms with Gasteiger partial charge in [0.2, 0.25) is 0 Å². The van der Waals surface area contributed by atoms with Crippen LogP contribution >= 0.6 is 0 Å². The molecule has 4 nitrogen and oxygen atoms in total. The maximum atomic E-state index is 13.3. The van der Waals surface area contributed by atoms with Crippen LogP contribution in [0.1, 0.15) is 23.7 Å². The Morgan fingerprint density at radius 1 is 1.25 bits per heavy atom. The summed E-state index contributed by atoms with van der Waals surface area (Å²) in [6.45, 7) is 1.99. The molecule has 5 heteroatoms. The normalized spacial score (nSPS) is 13.0. The SMILES string of the molecule is C[C@H](Cc1cnc[nH]1)N=C(c1ccccc1)c1ccc(F)cc1O. The lowest BCUT2D eigenvalue weighted by atomic mass is 10.0. The van der Waals surface area contributed by atoms with Crippen molar-refractivity contribution in [1.29, 1.82) is 0 Å². The van der Waals surface area contributed by atoms with Crippen molar-refractivity contribution in [2.45, 2.75) is 19.4 Å². The molecule has 0 saturated heterocycles. The number of benzene rings is 2. The summed E-state index contributed by atoms with van der Waals surface area (Å²) in [6.07, 6.45) is 4.09. The van der Waals surface area contributed by atoms with Crippen LogP contribution in [0.2, 0.25) is 0 Å². The molecule has 1 aromatic heterocycles. The van der Waals surface area contributed by atoms with Crippen LogP contribution in [0.15, 0.2) is 66.0 Å². The Bertz CT molecular complexity index is 829. The summed E-state index contributed by atoms with van der Waals surface area (Å²) in [5, 5.41) is 10.2. The fraction of sp³-hybridized carbons (Fsp3) is 0.158. The molecule has 0 amide bonds. The highest BCUT2D eigenvalue weighted by atomic mass is 19.1. The highest BCUT2D eigenvalue weighted by Crippen LogP contribution is 2.23. The third-order valence-electron chi connectivity index (χ3n) is 3.68. The third kappa shape index (κ3) is 3.68. The van der Waals surface area contributed by atoms with Gasteiger partial charge in [0, 0.05) is 35.5 Å². The highest BCUT2D eigenvalue weighted by molar-refractivity contribution is 6.14. The number of imidazole rings is 1. The summed E-state index contributed by atoms with van der Waals surface area (Å²) in [7, 11) is 0. The summed E-state index contributed by atoms with van der Waals surface area (Å²) < 4.78 is 13.3. The first-order valence-electron chi connectivity index (χ1n) is 7.73. The molecule has 24 heavy (non-hydrogen) atoms. The monoisotopic (exact) mass is 323 g/mol. The largest absolute Gasteiger partial charge is 0.507 e. The number of hydrogen-bond donors (Lipinski definition) is 2. The maximum Gasteiger partial charge on any atom is 0.127 e. The Balaban J connectivity index is 2.00. The Morgan fingerprint density at radius 3 is 2.71 bits per heavy atom. The fourth-order valence-corrected chi connectivity index (χ4v) is 2.58. The molecule has 0 saturated carbocycles. The molecule has 0 bridgehead atoms. The van der Waals surface area contributed by atoms with Crippen LogP contribution in [-0.4, -0.2) is 26.8 Å². The number of hydrogen-bond acceptors (Lipinski definition) is 3. The summed E-state index contributed by atoms with van der Waals surface area (Å²) in [6, 6.07) is 13.5. The number of aromatic hydroxyl groups is 1. The molecule has 122 valence electrons. The van der Waals surface area contributed by atoms with E-state index in [0.717, 1.165) is 17.3 Å². The van der Waals surface area contributed by atoms with Gasteiger partial charge in [-0.15, -0.1) is 0 Å². The second-order valence-electron chi connectivity index (χ2n) is 5.64. The van der Waals surface area contributed by atoms with Crippen molar-refractivity contribution in [2.24, 2.45) is 4.99 Å². The van der Waals surface area contributed by atoms with E-state index in [9.17, 15) is 9.50 Å². The van der Waals surface area contributed by atoms with Crippen molar-refractivity contribution in [3.63, 3.8) is 0 Å². The molecule has 3 aromatic rings. The molecular weight excluding hydrogens is 305 g/mol. The van der Waals surface area contributed by atoms with Crippen molar-refractivity contribution >= 4 is 5.71 Å². The Morgan fingerprint density at radius 2 is 2.04 bits per heavy atom. The quantitative estimate of drug-likeness (QED) is 0.703. The van der Waals surface area contributed by atoms with E-state index in [0.29, 0.717) is 17.7 Å². The van der Waals surface area contributed by atoms with Gasteiger partial charge in [-0.05, 0) is 19.1 Å². The fourth-order valence-electron chi connectivity index (χ4n) is 2.58. The topological polar surface area (TPSA) is 61.3 Å². The second kappa shape index (κ2) is 7.08. The highest BCUT2D eigenvalue weighted by Gasteiger charge is 2.14. The third-order valence-corrected chi connectivity index (χ3v) is 3.68. The first-order chi connectivity index (χ1) is 11.6. The van der Waals surface area contributed by atoms with Crippen LogP contribution in [-0.2, 0) is 6.42 Å². The number of phenols is 1. The van der Waals surface area contributed by atoms with E-state index in [1.54, 1.807) is 18.6 Å². The zero-order valence-electron chi connectivity index (χ0n) is 13.3. The molecule has 3 rings (SSSR count). The number of halogens is 1. The predicted molar refractivity (Wildman–Crippen MR) is 91.9 cm³/mol. The zero-order valence-corrected chi connectivity index (χ0v) is 13.3. The number of nitrogens with one attached hydrogen (secondary N) is 1. The van der Waals surface area contributed by atoms with Crippen LogP contribution in [0, 0.1) is 5.82 Å². The van der Waals surface area contributed by atoms with E-state index in [1.807, 2.05) is 37.3 Å². The molecule has 0 aliphatic rings. The number of rotatable bonds is 5. The zero-order chi connectivity index (χ0) is 16.9. The predicted octanol–water partition coefficient (Wildman–Crippen LogP) is 3.72. The van der Waals surface area contributed by atoms with E-state index in [1.165, 1.54) is 6.07 Å². The lowest BCUT2D eigenvalue weighted by Crippen LogP contribution is -2.11. The first-order valence-corrected chi connectivity index (χ1v) is 7.73. The molecule has 1 heterocycles. The van der Waals surface area contributed by atoms with E-state index in [2.05, 4.69) is 9.97 Å². The van der Waals surface area contributed by atoms with Crippen LogP contribution in [0.3, 0.4) is 0 Å². The van der Waals surface area contributed by atoms with Crippen molar-refractivity contribution in [2.75, 3.05) is 0 Å². The van der Waals surface area contributed by atoms with Gasteiger partial charge < -0.3 is 10.1 Å². The van der Waals surface area contributed by atoms with Crippen molar-refractivity contribution in [1.82, 2.24) is 9.97 Å². The standard InChI is InChI=1S/C19H18FN3O/c1-13(9-16-11-21-12-22-16)23-19(14-5-3-2-4-6-14)17-8-7-15(20)10-18(17)24/h2-8,10-13,24H,9H2,1H3,(H,21,22)/t13-/m1/s1. The number of aromatic amines is 1. The average molecular weight is 323 g/mol. The molecule has 1 atom stereocenters. The molecule has 0 fully saturated rings. The van der Waals surface area contributed by atoms with Crippen molar-refractivity contribution in [3.05, 3.63) is 83.7 Å². The van der Waals surface area contributed by atoms with Gasteiger partial charge >= 0.3 is 0 Å². The minimum absolute atomic E-state index is 0.0369. The van der Waals surface area contributed by atoms with Gasteiger partial charge in [-0.25, -0.2) is 9.37 Å². The Hall–Kier alpha value is -2.95. The summed E-state index contributed by atoms with van der Waals surface area (Å²) >= 11 is 0. The number of nitrogens with zero attached hydrogens (tertiary/aromatic N) is 2. The molecule has 0 unspecified atom stereocenters. The van der Waals surface area contributed by atoms with Gasteiger partial charge in [-0.2, -0.15) is 0 Å². The summed E-state index contributed by atoms with van der Waals surface area (Å²) in [4.78, 5) is 11.8. The van der Waals surface area contributed by atoms with Gasteiger partial charge in [-0.3, -0.25) is 4.99 Å². The smallest absolute Gasteiger partial charge is 0.127 e. The first kappa shape index (κ1) is 15.9. The van der Waals surface area contributed by atoms with E-state index in [4.69, 9.17) is 4.99 Å². The lowest BCUT2D eigenvalue weighted by Gasteiger charge is -2.13. The van der Waals surface area contributed by atoms with E-state index >= 15 is 0 Å². The average Bonchev–Trinajstić information content (AvgIpc) is 3.07. The number of phenolic OH excluding ortho intramolecular Hbond substituents is 1. The molecule has 2 N–H and O–H groups in total. The van der Waals surface area contributed by atoms with Crippen LogP contribution in [0.5, 0.6) is 5.75 Å². The van der Waals surface area contributed by atoms with Crippen LogP contribution in [0.25, 0.3) is 0 Å². The number of aromatic nitrogens is 2. The van der Waals surface area contributed by atoms with Crippen LogP contribution in [0.4, 0.5) is 4.39 Å². The molecule has 0 radical (unpaired) electrons. The van der Waals surface area contributed by atoms with Gasteiger partial charge in [-0.1, -0.05) is 30.3 Å². The molecule has 0 aliphatic carbocycles.